The molecule has 3 aromatic rings. The second kappa shape index (κ2) is 9.19. The summed E-state index contributed by atoms with van der Waals surface area (Å²) in [4.78, 5) is 25.1. The Balaban J connectivity index is 1.16. The topological polar surface area (TPSA) is 86.8 Å². The maximum Gasteiger partial charge on any atom is 0.433 e. The lowest BCUT2D eigenvalue weighted by Crippen LogP contribution is -2.55. The van der Waals surface area contributed by atoms with Crippen LogP contribution in [0.25, 0.3) is 5.65 Å². The first kappa shape index (κ1) is 23.1. The minimum atomic E-state index is -4.53. The molecule has 182 valence electrons. The van der Waals surface area contributed by atoms with E-state index in [2.05, 4.69) is 20.9 Å². The van der Waals surface area contributed by atoms with E-state index < -0.39 is 11.9 Å². The molecule has 2 atom stereocenters. The van der Waals surface area contributed by atoms with Gasteiger partial charge in [-0.2, -0.15) is 18.4 Å². The van der Waals surface area contributed by atoms with E-state index in [0.717, 1.165) is 29.3 Å². The molecule has 5 heterocycles. The van der Waals surface area contributed by atoms with Gasteiger partial charge in [-0.1, -0.05) is 6.07 Å². The number of likely N-dealkylation sites (tertiary alicyclic amines) is 1. The zero-order valence-electron chi connectivity index (χ0n) is 18.8. The predicted molar refractivity (Wildman–Crippen MR) is 119 cm³/mol. The van der Waals surface area contributed by atoms with Gasteiger partial charge in [0.05, 0.1) is 37.1 Å². The quantitative estimate of drug-likeness (QED) is 0.499. The minimum absolute atomic E-state index is 0.0360. The van der Waals surface area contributed by atoms with Crippen LogP contribution in [0.5, 0.6) is 0 Å². The molecule has 35 heavy (non-hydrogen) atoms. The summed E-state index contributed by atoms with van der Waals surface area (Å²) in [7, 11) is 0. The highest BCUT2D eigenvalue weighted by molar-refractivity contribution is 5.77. The number of piperazine rings is 1. The molecule has 0 aromatic carbocycles. The summed E-state index contributed by atoms with van der Waals surface area (Å²) in [6.07, 6.45) is -0.0810. The number of fused-ring (bicyclic) bond motifs is 3. The second-order valence-electron chi connectivity index (χ2n) is 8.76. The summed E-state index contributed by atoms with van der Waals surface area (Å²) in [5, 5.41) is 8.98. The fourth-order valence-electron chi connectivity index (χ4n) is 5.00. The van der Waals surface area contributed by atoms with Crippen molar-refractivity contribution in [3.63, 3.8) is 0 Å². The van der Waals surface area contributed by atoms with Gasteiger partial charge in [0, 0.05) is 31.4 Å². The lowest BCUT2D eigenvalue weighted by molar-refractivity contribution is -0.142. The highest BCUT2D eigenvalue weighted by Crippen LogP contribution is 2.34. The molecule has 0 spiro atoms. The fourth-order valence-corrected chi connectivity index (χ4v) is 5.00. The Hall–Kier alpha value is -3.65. The van der Waals surface area contributed by atoms with Crippen molar-refractivity contribution in [1.82, 2.24) is 19.3 Å². The van der Waals surface area contributed by atoms with Crippen LogP contribution in [0.4, 0.5) is 19.0 Å². The van der Waals surface area contributed by atoms with E-state index in [0.29, 0.717) is 24.3 Å². The van der Waals surface area contributed by atoms with Crippen molar-refractivity contribution in [2.75, 3.05) is 24.6 Å². The number of nitriles is 1. The summed E-state index contributed by atoms with van der Waals surface area (Å²) in [6.45, 7) is 1.21. The van der Waals surface area contributed by atoms with E-state index in [4.69, 9.17) is 10.00 Å². The average Bonchev–Trinajstić information content (AvgIpc) is 3.40. The normalized spacial score (nSPS) is 19.8. The van der Waals surface area contributed by atoms with Gasteiger partial charge in [-0.05, 0) is 37.1 Å². The van der Waals surface area contributed by atoms with Gasteiger partial charge in [-0.15, -0.1) is 0 Å². The van der Waals surface area contributed by atoms with Crippen molar-refractivity contribution in [2.45, 2.75) is 44.1 Å². The van der Waals surface area contributed by atoms with Gasteiger partial charge in [0.2, 0.25) is 5.91 Å². The van der Waals surface area contributed by atoms with Crippen LogP contribution < -0.4 is 4.90 Å². The molecule has 0 radical (unpaired) electrons. The maximum absolute atomic E-state index is 13.3. The molecule has 1 amide bonds. The summed E-state index contributed by atoms with van der Waals surface area (Å²) in [5.74, 6) is 0.782. The van der Waals surface area contributed by atoms with E-state index in [-0.39, 0.29) is 43.3 Å². The molecular weight excluding hydrogens is 461 g/mol. The number of rotatable bonds is 6. The SMILES string of the molecule is N#Cc1ccc(N2C3CCC2CN(C(=O)CCOCc2cccc4ncc(C(F)(F)F)n24)C3)nc1. The largest absolute Gasteiger partial charge is 0.433 e. The van der Waals surface area contributed by atoms with Gasteiger partial charge in [0.25, 0.3) is 0 Å². The lowest BCUT2D eigenvalue weighted by atomic mass is 10.1. The maximum atomic E-state index is 13.3. The van der Waals surface area contributed by atoms with Crippen LogP contribution in [0, 0.1) is 11.3 Å². The molecule has 2 aliphatic rings. The van der Waals surface area contributed by atoms with Crippen molar-refractivity contribution in [3.05, 3.63) is 59.7 Å². The number of ether oxygens (including phenoxy) is 1. The third kappa shape index (κ3) is 4.53. The van der Waals surface area contributed by atoms with Crippen molar-refractivity contribution in [2.24, 2.45) is 0 Å². The highest BCUT2D eigenvalue weighted by Gasteiger charge is 2.41. The monoisotopic (exact) mass is 484 g/mol. The number of anilines is 1. The van der Waals surface area contributed by atoms with Gasteiger partial charge in [-0.25, -0.2) is 9.97 Å². The number of alkyl halides is 3. The summed E-state index contributed by atoms with van der Waals surface area (Å²) in [6, 6.07) is 10.7. The summed E-state index contributed by atoms with van der Waals surface area (Å²) in [5.41, 5.74) is 0.169. The Morgan fingerprint density at radius 3 is 2.54 bits per heavy atom. The second-order valence-corrected chi connectivity index (χ2v) is 8.76. The number of imidazole rings is 1. The molecular formula is C24H23F3N6O2. The fraction of sp³-hybridized carbons (Fsp3) is 0.417. The minimum Gasteiger partial charge on any atom is -0.375 e. The van der Waals surface area contributed by atoms with Gasteiger partial charge in [-0.3, -0.25) is 9.20 Å². The van der Waals surface area contributed by atoms with Crippen molar-refractivity contribution in [3.8, 4) is 6.07 Å². The van der Waals surface area contributed by atoms with E-state index in [1.807, 2.05) is 11.0 Å². The van der Waals surface area contributed by atoms with Crippen LogP contribution in [-0.2, 0) is 22.3 Å². The number of hydrogen-bond donors (Lipinski definition) is 0. The van der Waals surface area contributed by atoms with Crippen LogP contribution >= 0.6 is 0 Å². The van der Waals surface area contributed by atoms with E-state index in [1.54, 1.807) is 24.4 Å². The van der Waals surface area contributed by atoms with E-state index in [9.17, 15) is 18.0 Å². The molecule has 0 N–H and O–H groups in total. The number of carbonyl (C=O) groups excluding carboxylic acids is 1. The first-order valence-electron chi connectivity index (χ1n) is 11.4. The number of pyridine rings is 2. The molecule has 0 aliphatic carbocycles. The smallest absolute Gasteiger partial charge is 0.375 e. The Labute approximate surface area is 199 Å². The van der Waals surface area contributed by atoms with Crippen LogP contribution in [0.15, 0.2) is 42.7 Å². The molecule has 2 bridgehead atoms. The molecule has 2 unspecified atom stereocenters. The lowest BCUT2D eigenvalue weighted by Gasteiger charge is -2.41. The molecule has 11 heteroatoms. The number of amides is 1. The third-order valence-corrected chi connectivity index (χ3v) is 6.59. The number of nitrogens with zero attached hydrogens (tertiary/aromatic N) is 6. The Bertz CT molecular complexity index is 1250. The Morgan fingerprint density at radius 2 is 1.89 bits per heavy atom. The van der Waals surface area contributed by atoms with Crippen LogP contribution in [0.1, 0.15) is 36.2 Å². The molecule has 0 saturated carbocycles. The van der Waals surface area contributed by atoms with Gasteiger partial charge >= 0.3 is 6.18 Å². The number of hydrogen-bond acceptors (Lipinski definition) is 6. The molecule has 2 saturated heterocycles. The van der Waals surface area contributed by atoms with Crippen molar-refractivity contribution in [1.29, 1.82) is 5.26 Å². The summed E-state index contributed by atoms with van der Waals surface area (Å²) < 4.78 is 46.5. The zero-order valence-corrected chi connectivity index (χ0v) is 18.8. The van der Waals surface area contributed by atoms with E-state index in [1.165, 1.54) is 6.07 Å². The molecule has 5 rings (SSSR count). The predicted octanol–water partition coefficient (Wildman–Crippen LogP) is 3.41. The molecule has 3 aromatic heterocycles. The molecule has 2 fully saturated rings. The average molecular weight is 484 g/mol. The first-order chi connectivity index (χ1) is 16.8. The molecule has 2 aliphatic heterocycles. The number of halogens is 3. The van der Waals surface area contributed by atoms with Gasteiger partial charge in [0.15, 0.2) is 0 Å². The van der Waals surface area contributed by atoms with Gasteiger partial charge < -0.3 is 14.5 Å². The molecule has 8 nitrogen and oxygen atoms in total. The van der Waals surface area contributed by atoms with Crippen LogP contribution in [-0.4, -0.2) is 57.0 Å². The first-order valence-corrected chi connectivity index (χ1v) is 11.4. The standard InChI is InChI=1S/C24H23F3N6O2/c25-24(26,27)20-12-30-21-3-1-2-19(33(20)21)15-35-9-8-23(34)31-13-17-5-6-18(14-31)32(17)22-7-4-16(10-28)11-29-22/h1-4,7,11-12,17-18H,5-6,8-9,13-15H2. The van der Waals surface area contributed by atoms with E-state index >= 15 is 0 Å². The highest BCUT2D eigenvalue weighted by atomic mass is 19.4. The Kier molecular flexibility index (Phi) is 6.06. The number of aromatic nitrogens is 3. The van der Waals surface area contributed by atoms with Crippen molar-refractivity contribution >= 4 is 17.4 Å². The zero-order chi connectivity index (χ0) is 24.6. The summed E-state index contributed by atoms with van der Waals surface area (Å²) >= 11 is 0. The Morgan fingerprint density at radius 1 is 1.11 bits per heavy atom. The van der Waals surface area contributed by atoms with Crippen LogP contribution in [0.2, 0.25) is 0 Å². The van der Waals surface area contributed by atoms with Crippen molar-refractivity contribution < 1.29 is 22.7 Å². The van der Waals surface area contributed by atoms with Gasteiger partial charge in [0.1, 0.15) is 23.2 Å². The van der Waals surface area contributed by atoms with Crippen LogP contribution in [0.3, 0.4) is 0 Å². The third-order valence-electron chi connectivity index (χ3n) is 6.59. The number of carbonyl (C=O) groups is 1.